The van der Waals surface area contributed by atoms with E-state index in [1.807, 2.05) is 6.07 Å². The number of thiophene rings is 1. The predicted molar refractivity (Wildman–Crippen MR) is 111 cm³/mol. The van der Waals surface area contributed by atoms with Gasteiger partial charge in [-0.2, -0.15) is 0 Å². The summed E-state index contributed by atoms with van der Waals surface area (Å²) in [5.41, 5.74) is 0. The molecule has 1 saturated heterocycles. The second kappa shape index (κ2) is 10.3. The van der Waals surface area contributed by atoms with Gasteiger partial charge >= 0.3 is 0 Å². The lowest BCUT2D eigenvalue weighted by atomic mass is 9.92. The Morgan fingerprint density at radius 1 is 1.33 bits per heavy atom. The Balaban J connectivity index is 1.34. The maximum Gasteiger partial charge on any atom is 0.220 e. The lowest BCUT2D eigenvalue weighted by molar-refractivity contribution is -0.121. The van der Waals surface area contributed by atoms with Crippen molar-refractivity contribution in [1.29, 1.82) is 0 Å². The van der Waals surface area contributed by atoms with Crippen LogP contribution in [0.25, 0.3) is 0 Å². The molecule has 27 heavy (non-hydrogen) atoms. The highest BCUT2D eigenvalue weighted by atomic mass is 32.1. The molecule has 0 aromatic carbocycles. The van der Waals surface area contributed by atoms with Gasteiger partial charge in [0.15, 0.2) is 0 Å². The minimum atomic E-state index is 0.181. The van der Waals surface area contributed by atoms with Crippen LogP contribution in [-0.2, 0) is 11.2 Å². The topological polar surface area (TPSA) is 70.2 Å². The first-order chi connectivity index (χ1) is 13.2. The van der Waals surface area contributed by atoms with Crippen LogP contribution in [0.15, 0.2) is 29.9 Å². The Kier molecular flexibility index (Phi) is 7.45. The molecule has 0 atom stereocenters. The molecule has 1 amide bonds. The van der Waals surface area contributed by atoms with E-state index in [9.17, 15) is 4.79 Å². The van der Waals surface area contributed by atoms with Gasteiger partial charge in [0.25, 0.3) is 0 Å². The fraction of sp³-hybridized carbons (Fsp3) is 0.550. The number of nitrogens with one attached hydrogen (secondary N) is 2. The Morgan fingerprint density at radius 3 is 2.93 bits per heavy atom. The van der Waals surface area contributed by atoms with Crippen LogP contribution in [0.5, 0.6) is 0 Å². The minimum absolute atomic E-state index is 0.181. The van der Waals surface area contributed by atoms with Crippen molar-refractivity contribution < 1.29 is 4.79 Å². The molecule has 1 aliphatic heterocycles. The molecule has 1 aliphatic rings. The molecule has 0 aliphatic carbocycles. The van der Waals surface area contributed by atoms with Gasteiger partial charge in [-0.25, -0.2) is 9.97 Å². The Bertz CT molecular complexity index is 698. The van der Waals surface area contributed by atoms with Gasteiger partial charge in [-0.3, -0.25) is 4.79 Å². The van der Waals surface area contributed by atoms with Crippen LogP contribution >= 0.6 is 11.3 Å². The van der Waals surface area contributed by atoms with Crippen LogP contribution in [0.4, 0.5) is 11.6 Å². The summed E-state index contributed by atoms with van der Waals surface area (Å²) >= 11 is 1.74. The second-order valence-electron chi connectivity index (χ2n) is 6.94. The fourth-order valence-electron chi connectivity index (χ4n) is 3.45. The Hall–Kier alpha value is -2.15. The van der Waals surface area contributed by atoms with Gasteiger partial charge in [0.2, 0.25) is 5.91 Å². The van der Waals surface area contributed by atoms with Crippen molar-refractivity contribution in [2.24, 2.45) is 5.92 Å². The summed E-state index contributed by atoms with van der Waals surface area (Å²) in [6, 6.07) is 6.19. The van der Waals surface area contributed by atoms with E-state index in [2.05, 4.69) is 49.9 Å². The van der Waals surface area contributed by atoms with Crippen LogP contribution in [-0.4, -0.2) is 42.1 Å². The molecule has 2 aromatic heterocycles. The number of aromatic nitrogens is 2. The first-order valence-electron chi connectivity index (χ1n) is 9.84. The number of rotatable bonds is 9. The average molecular weight is 388 g/mol. The van der Waals surface area contributed by atoms with E-state index in [1.165, 1.54) is 4.88 Å². The van der Waals surface area contributed by atoms with Gasteiger partial charge in [0, 0.05) is 43.5 Å². The van der Waals surface area contributed by atoms with E-state index in [-0.39, 0.29) is 5.91 Å². The molecule has 0 unspecified atom stereocenters. The van der Waals surface area contributed by atoms with Crippen LogP contribution in [0.2, 0.25) is 0 Å². The summed E-state index contributed by atoms with van der Waals surface area (Å²) in [5, 5.41) is 8.35. The molecular weight excluding hydrogens is 358 g/mol. The summed E-state index contributed by atoms with van der Waals surface area (Å²) in [6.07, 6.45) is 6.39. The van der Waals surface area contributed by atoms with E-state index in [0.717, 1.165) is 63.5 Å². The molecule has 6 nitrogen and oxygen atoms in total. The maximum absolute atomic E-state index is 12.1. The quantitative estimate of drug-likeness (QED) is 0.691. The summed E-state index contributed by atoms with van der Waals surface area (Å²) in [7, 11) is 0. The largest absolute Gasteiger partial charge is 0.370 e. The summed E-state index contributed by atoms with van der Waals surface area (Å²) in [5.74, 6) is 2.68. The van der Waals surface area contributed by atoms with Crippen LogP contribution in [0.1, 0.15) is 37.5 Å². The van der Waals surface area contributed by atoms with Gasteiger partial charge in [0.1, 0.15) is 18.0 Å². The minimum Gasteiger partial charge on any atom is -0.370 e. The molecule has 0 radical (unpaired) electrons. The Morgan fingerprint density at radius 2 is 2.19 bits per heavy atom. The fourth-order valence-corrected chi connectivity index (χ4v) is 4.16. The molecule has 0 saturated carbocycles. The van der Waals surface area contributed by atoms with Crippen LogP contribution in [0.3, 0.4) is 0 Å². The van der Waals surface area contributed by atoms with Crippen molar-refractivity contribution in [1.82, 2.24) is 15.3 Å². The summed E-state index contributed by atoms with van der Waals surface area (Å²) in [6.45, 7) is 5.64. The lowest BCUT2D eigenvalue weighted by Crippen LogP contribution is -2.35. The number of anilines is 2. The smallest absolute Gasteiger partial charge is 0.220 e. The van der Waals surface area contributed by atoms with Crippen molar-refractivity contribution in [2.75, 3.05) is 36.4 Å². The van der Waals surface area contributed by atoms with Crippen molar-refractivity contribution >= 4 is 28.9 Å². The van der Waals surface area contributed by atoms with Crippen LogP contribution < -0.4 is 15.5 Å². The molecule has 146 valence electrons. The number of amides is 1. The SMILES string of the molecule is CCNc1cc(N2CCC(CCC(=O)NCCc3cccs3)CC2)ncn1. The van der Waals surface area contributed by atoms with Gasteiger partial charge < -0.3 is 15.5 Å². The molecule has 0 bridgehead atoms. The molecule has 0 spiro atoms. The van der Waals surface area contributed by atoms with Crippen molar-refractivity contribution in [3.63, 3.8) is 0 Å². The zero-order valence-electron chi connectivity index (χ0n) is 16.0. The molecule has 2 aromatic rings. The van der Waals surface area contributed by atoms with Crippen molar-refractivity contribution in [3.05, 3.63) is 34.8 Å². The molecular formula is C20H29N5OS. The van der Waals surface area contributed by atoms with Crippen molar-refractivity contribution in [3.8, 4) is 0 Å². The number of nitrogens with zero attached hydrogens (tertiary/aromatic N) is 3. The number of hydrogen-bond donors (Lipinski definition) is 2. The predicted octanol–water partition coefficient (Wildman–Crippen LogP) is 3.33. The normalized spacial score (nSPS) is 14.9. The summed E-state index contributed by atoms with van der Waals surface area (Å²) < 4.78 is 0. The monoisotopic (exact) mass is 387 g/mol. The molecule has 1 fully saturated rings. The number of carbonyl (C=O) groups is 1. The third-order valence-electron chi connectivity index (χ3n) is 5.00. The van der Waals surface area contributed by atoms with E-state index in [4.69, 9.17) is 0 Å². The summed E-state index contributed by atoms with van der Waals surface area (Å²) in [4.78, 5) is 24.3. The molecule has 7 heteroatoms. The second-order valence-corrected chi connectivity index (χ2v) is 7.97. The zero-order valence-corrected chi connectivity index (χ0v) is 16.8. The van der Waals surface area contributed by atoms with E-state index >= 15 is 0 Å². The number of carbonyl (C=O) groups excluding carboxylic acids is 1. The van der Waals surface area contributed by atoms with Gasteiger partial charge in [-0.15, -0.1) is 11.3 Å². The van der Waals surface area contributed by atoms with E-state index in [0.29, 0.717) is 12.3 Å². The third kappa shape index (κ3) is 6.20. The average Bonchev–Trinajstić information content (AvgIpc) is 3.21. The first-order valence-corrected chi connectivity index (χ1v) is 10.7. The lowest BCUT2D eigenvalue weighted by Gasteiger charge is -2.32. The molecule has 3 rings (SSSR count). The number of piperidine rings is 1. The molecule has 2 N–H and O–H groups in total. The highest BCUT2D eigenvalue weighted by molar-refractivity contribution is 7.09. The van der Waals surface area contributed by atoms with Gasteiger partial charge in [-0.05, 0) is 50.0 Å². The molecule has 3 heterocycles. The standard InChI is InChI=1S/C20H29N5OS/c1-2-21-18-14-19(24-15-23-18)25-11-8-16(9-12-25)5-6-20(26)22-10-7-17-4-3-13-27-17/h3-4,13-16H,2,5-12H2,1H3,(H,22,26)(H,21,23,24). The maximum atomic E-state index is 12.1. The zero-order chi connectivity index (χ0) is 18.9. The number of hydrogen-bond acceptors (Lipinski definition) is 6. The van der Waals surface area contributed by atoms with Crippen LogP contribution in [0, 0.1) is 5.92 Å². The first kappa shape index (κ1) is 19.6. The third-order valence-corrected chi connectivity index (χ3v) is 5.94. The van der Waals surface area contributed by atoms with E-state index < -0.39 is 0 Å². The van der Waals surface area contributed by atoms with Gasteiger partial charge in [-0.1, -0.05) is 6.07 Å². The van der Waals surface area contributed by atoms with E-state index in [1.54, 1.807) is 17.7 Å². The van der Waals surface area contributed by atoms with Crippen molar-refractivity contribution in [2.45, 2.75) is 39.0 Å². The highest BCUT2D eigenvalue weighted by Gasteiger charge is 2.21. The highest BCUT2D eigenvalue weighted by Crippen LogP contribution is 2.25. The Labute approximate surface area is 165 Å². The van der Waals surface area contributed by atoms with Gasteiger partial charge in [0.05, 0.1) is 0 Å².